The molecule has 16 heavy (non-hydrogen) atoms. The van der Waals surface area contributed by atoms with E-state index < -0.39 is 30.6 Å². The lowest BCUT2D eigenvalue weighted by atomic mass is 10.2. The summed E-state index contributed by atoms with van der Waals surface area (Å²) >= 11 is 1.51. The molecule has 6 nitrogen and oxygen atoms in total. The summed E-state index contributed by atoms with van der Waals surface area (Å²) in [5, 5.41) is 1.94. The van der Waals surface area contributed by atoms with E-state index in [2.05, 4.69) is 0 Å². The van der Waals surface area contributed by atoms with Gasteiger partial charge in [-0.1, -0.05) is 0 Å². The minimum Gasteiger partial charge on any atom is -0.351 e. The van der Waals surface area contributed by atoms with E-state index in [1.54, 1.807) is 0 Å². The Balaban J connectivity index is 1.92. The molecule has 0 aliphatic carbocycles. The highest BCUT2D eigenvalue weighted by Gasteiger charge is 2.50. The first-order chi connectivity index (χ1) is 7.66. The molecular weight excluding hydrogens is 239 g/mol. The SMILES string of the molecule is O=C1NC(=O)N2[C@H](OC[C@@H]3O[C@@H]2CS3)[C@@H]1F. The summed E-state index contributed by atoms with van der Waals surface area (Å²) in [6.07, 6.45) is -3.53. The third-order valence-electron chi connectivity index (χ3n) is 2.69. The number of urea groups is 1. The highest BCUT2D eigenvalue weighted by atomic mass is 32.2. The number of imide groups is 1. The third-order valence-corrected chi connectivity index (χ3v) is 3.78. The molecule has 0 aromatic heterocycles. The Morgan fingerprint density at radius 1 is 1.50 bits per heavy atom. The first-order valence-electron chi connectivity index (χ1n) is 4.83. The van der Waals surface area contributed by atoms with Crippen molar-refractivity contribution in [3.05, 3.63) is 0 Å². The Labute approximate surface area is 94.4 Å². The molecule has 3 heterocycles. The predicted molar refractivity (Wildman–Crippen MR) is 51.1 cm³/mol. The lowest BCUT2D eigenvalue weighted by Gasteiger charge is -2.37. The van der Waals surface area contributed by atoms with E-state index in [-0.39, 0.29) is 12.0 Å². The minimum atomic E-state index is -1.86. The van der Waals surface area contributed by atoms with Gasteiger partial charge in [0.1, 0.15) is 11.7 Å². The third kappa shape index (κ3) is 1.40. The Kier molecular flexibility index (Phi) is 2.30. The monoisotopic (exact) mass is 248 g/mol. The molecule has 88 valence electrons. The van der Waals surface area contributed by atoms with E-state index in [4.69, 9.17) is 9.47 Å². The summed E-state index contributed by atoms with van der Waals surface area (Å²) in [5.41, 5.74) is -0.189. The van der Waals surface area contributed by atoms with E-state index in [9.17, 15) is 14.0 Å². The Hall–Kier alpha value is -0.860. The lowest BCUT2D eigenvalue weighted by Crippen LogP contribution is -2.64. The van der Waals surface area contributed by atoms with Crippen LogP contribution < -0.4 is 5.32 Å². The molecule has 4 atom stereocenters. The first-order valence-corrected chi connectivity index (χ1v) is 5.87. The molecule has 0 aromatic carbocycles. The fourth-order valence-electron chi connectivity index (χ4n) is 1.94. The number of hydrogen-bond acceptors (Lipinski definition) is 5. The molecule has 3 saturated heterocycles. The van der Waals surface area contributed by atoms with Gasteiger partial charge in [-0.05, 0) is 0 Å². The maximum Gasteiger partial charge on any atom is 0.328 e. The van der Waals surface area contributed by atoms with Crippen molar-refractivity contribution in [2.75, 3.05) is 12.4 Å². The van der Waals surface area contributed by atoms with E-state index in [0.29, 0.717) is 5.75 Å². The molecule has 8 heteroatoms. The van der Waals surface area contributed by atoms with Gasteiger partial charge in [-0.3, -0.25) is 15.0 Å². The van der Waals surface area contributed by atoms with Crippen molar-refractivity contribution < 1.29 is 23.5 Å². The number of amides is 3. The van der Waals surface area contributed by atoms with Crippen LogP contribution >= 0.6 is 11.8 Å². The fraction of sp³-hybridized carbons (Fsp3) is 0.750. The highest BCUT2D eigenvalue weighted by molar-refractivity contribution is 8.00. The van der Waals surface area contributed by atoms with Crippen molar-refractivity contribution in [2.45, 2.75) is 24.1 Å². The van der Waals surface area contributed by atoms with Gasteiger partial charge in [0.2, 0.25) is 6.17 Å². The molecule has 3 aliphatic heterocycles. The van der Waals surface area contributed by atoms with Gasteiger partial charge in [0, 0.05) is 5.75 Å². The van der Waals surface area contributed by atoms with Crippen molar-refractivity contribution in [2.24, 2.45) is 0 Å². The zero-order chi connectivity index (χ0) is 11.3. The van der Waals surface area contributed by atoms with Gasteiger partial charge in [0.15, 0.2) is 6.23 Å². The minimum absolute atomic E-state index is 0.184. The molecular formula is C8H9FN2O4S. The molecule has 0 aromatic rings. The average molecular weight is 248 g/mol. The number of carbonyl (C=O) groups excluding carboxylic acids is 2. The lowest BCUT2D eigenvalue weighted by molar-refractivity contribution is -0.148. The van der Waals surface area contributed by atoms with Gasteiger partial charge < -0.3 is 9.47 Å². The molecule has 1 N–H and O–H groups in total. The maximum atomic E-state index is 13.6. The number of halogens is 1. The number of fused-ring (bicyclic) bond motifs is 4. The molecule has 0 saturated carbocycles. The Morgan fingerprint density at radius 3 is 3.12 bits per heavy atom. The van der Waals surface area contributed by atoms with Crippen LogP contribution in [0, 0.1) is 0 Å². The maximum absolute atomic E-state index is 13.6. The second-order valence-electron chi connectivity index (χ2n) is 3.68. The molecule has 3 rings (SSSR count). The van der Waals surface area contributed by atoms with Crippen molar-refractivity contribution in [1.82, 2.24) is 10.2 Å². The van der Waals surface area contributed by atoms with Crippen LogP contribution in [-0.4, -0.2) is 53.3 Å². The number of nitrogens with one attached hydrogen (secondary N) is 1. The van der Waals surface area contributed by atoms with Gasteiger partial charge in [-0.15, -0.1) is 11.8 Å². The van der Waals surface area contributed by atoms with Crippen LogP contribution in [0.2, 0.25) is 0 Å². The fourth-order valence-corrected chi connectivity index (χ4v) is 2.94. The van der Waals surface area contributed by atoms with Crippen LogP contribution in [0.25, 0.3) is 0 Å². The van der Waals surface area contributed by atoms with Gasteiger partial charge >= 0.3 is 6.03 Å². The second-order valence-corrected chi connectivity index (χ2v) is 4.87. The number of hydrogen-bond donors (Lipinski definition) is 1. The highest BCUT2D eigenvalue weighted by Crippen LogP contribution is 2.34. The summed E-state index contributed by atoms with van der Waals surface area (Å²) in [7, 11) is 0. The van der Waals surface area contributed by atoms with Crippen LogP contribution in [-0.2, 0) is 14.3 Å². The summed E-state index contributed by atoms with van der Waals surface area (Å²) in [6, 6.07) is -0.656. The van der Waals surface area contributed by atoms with E-state index >= 15 is 0 Å². The molecule has 0 unspecified atom stereocenters. The topological polar surface area (TPSA) is 67.9 Å². The van der Waals surface area contributed by atoms with Crippen LogP contribution in [0.4, 0.5) is 9.18 Å². The second kappa shape index (κ2) is 3.57. The van der Waals surface area contributed by atoms with Gasteiger partial charge in [-0.2, -0.15) is 0 Å². The molecule has 3 fully saturated rings. The number of ether oxygens (including phenoxy) is 2. The smallest absolute Gasteiger partial charge is 0.328 e. The summed E-state index contributed by atoms with van der Waals surface area (Å²) in [4.78, 5) is 23.8. The quantitative estimate of drug-likeness (QED) is 0.634. The van der Waals surface area contributed by atoms with Crippen molar-refractivity contribution in [3.8, 4) is 0 Å². The molecule has 3 aliphatic rings. The van der Waals surface area contributed by atoms with E-state index in [0.717, 1.165) is 4.90 Å². The molecule has 2 bridgehead atoms. The Bertz CT molecular complexity index is 355. The van der Waals surface area contributed by atoms with Crippen LogP contribution in [0.5, 0.6) is 0 Å². The average Bonchev–Trinajstić information content (AvgIpc) is 2.58. The van der Waals surface area contributed by atoms with Gasteiger partial charge in [0.05, 0.1) is 6.61 Å². The summed E-state index contributed by atoms with van der Waals surface area (Å²) < 4.78 is 24.3. The largest absolute Gasteiger partial charge is 0.351 e. The zero-order valence-electron chi connectivity index (χ0n) is 8.09. The molecule has 0 radical (unpaired) electrons. The van der Waals surface area contributed by atoms with Gasteiger partial charge in [0.25, 0.3) is 5.91 Å². The summed E-state index contributed by atoms with van der Waals surface area (Å²) in [5.74, 6) is -0.379. The zero-order valence-corrected chi connectivity index (χ0v) is 8.91. The Morgan fingerprint density at radius 2 is 2.31 bits per heavy atom. The number of thioether (sulfide) groups is 1. The van der Waals surface area contributed by atoms with Crippen LogP contribution in [0.1, 0.15) is 0 Å². The standard InChI is InChI=1S/C8H9FN2O4S/c9-5-6(12)10-8(13)11-3-2-16-4(15-3)1-14-7(5)11/h3-5,7H,1-2H2,(H,10,12,13)/t3-,4-,5-,7-/m1/s1. The number of alkyl halides is 1. The predicted octanol–water partition coefficient (Wildman–Crippen LogP) is -0.352. The first kappa shape index (κ1) is 10.3. The summed E-state index contributed by atoms with van der Waals surface area (Å²) in [6.45, 7) is 0.184. The van der Waals surface area contributed by atoms with Crippen molar-refractivity contribution in [3.63, 3.8) is 0 Å². The molecule has 3 amide bonds. The van der Waals surface area contributed by atoms with Crippen molar-refractivity contribution in [1.29, 1.82) is 0 Å². The number of carbonyl (C=O) groups is 2. The normalized spacial score (nSPS) is 42.7. The van der Waals surface area contributed by atoms with Crippen LogP contribution in [0.3, 0.4) is 0 Å². The molecule has 0 spiro atoms. The van der Waals surface area contributed by atoms with E-state index in [1.807, 2.05) is 5.32 Å². The van der Waals surface area contributed by atoms with Crippen molar-refractivity contribution >= 4 is 23.7 Å². The van der Waals surface area contributed by atoms with Gasteiger partial charge in [-0.25, -0.2) is 9.18 Å². The van der Waals surface area contributed by atoms with E-state index in [1.165, 1.54) is 11.8 Å². The number of nitrogens with zero attached hydrogens (tertiary/aromatic N) is 1. The number of rotatable bonds is 0. The van der Waals surface area contributed by atoms with Crippen LogP contribution in [0.15, 0.2) is 0 Å².